The molecule has 150 valence electrons. The van der Waals surface area contributed by atoms with Crippen molar-refractivity contribution < 1.29 is 23.8 Å². The van der Waals surface area contributed by atoms with Crippen molar-refractivity contribution in [1.82, 2.24) is 0 Å². The maximum atomic E-state index is 12.0. The molecule has 0 spiro atoms. The van der Waals surface area contributed by atoms with Crippen molar-refractivity contribution >= 4 is 18.0 Å². The van der Waals surface area contributed by atoms with Crippen LogP contribution in [0, 0.1) is 11.3 Å². The Bertz CT molecular complexity index is 910. The molecule has 0 aliphatic heterocycles. The fourth-order valence-electron chi connectivity index (χ4n) is 2.49. The zero-order valence-corrected chi connectivity index (χ0v) is 16.5. The molecular formula is C23H23NO5. The molecular weight excluding hydrogens is 370 g/mol. The molecule has 0 aliphatic carbocycles. The van der Waals surface area contributed by atoms with Gasteiger partial charge in [0.25, 0.3) is 0 Å². The molecule has 0 N–H and O–H groups in total. The number of rotatable bonds is 9. The Kier molecular flexibility index (Phi) is 8.46. The second kappa shape index (κ2) is 11.3. The number of benzene rings is 2. The Morgan fingerprint density at radius 1 is 1.10 bits per heavy atom. The third-order valence-corrected chi connectivity index (χ3v) is 4.05. The maximum Gasteiger partial charge on any atom is 0.348 e. The van der Waals surface area contributed by atoms with E-state index in [9.17, 15) is 9.59 Å². The lowest BCUT2D eigenvalue weighted by molar-refractivity contribution is -0.136. The summed E-state index contributed by atoms with van der Waals surface area (Å²) in [5.74, 6) is -0.000274. The quantitative estimate of drug-likeness (QED) is 0.210. The summed E-state index contributed by atoms with van der Waals surface area (Å²) in [7, 11) is 1.20. The second-order valence-electron chi connectivity index (χ2n) is 6.16. The molecule has 0 heterocycles. The minimum Gasteiger partial charge on any atom is -0.494 e. The van der Waals surface area contributed by atoms with Crippen molar-refractivity contribution in [3.8, 4) is 17.6 Å². The smallest absolute Gasteiger partial charge is 0.348 e. The van der Waals surface area contributed by atoms with Crippen LogP contribution < -0.4 is 9.47 Å². The summed E-state index contributed by atoms with van der Waals surface area (Å²) < 4.78 is 15.5. The lowest BCUT2D eigenvalue weighted by Crippen LogP contribution is -2.10. The van der Waals surface area contributed by atoms with Crippen LogP contribution in [0.4, 0.5) is 0 Å². The highest BCUT2D eigenvalue weighted by Gasteiger charge is 2.10. The Morgan fingerprint density at radius 2 is 1.86 bits per heavy atom. The zero-order valence-electron chi connectivity index (χ0n) is 16.5. The highest BCUT2D eigenvalue weighted by molar-refractivity contribution is 5.97. The summed E-state index contributed by atoms with van der Waals surface area (Å²) >= 11 is 0. The van der Waals surface area contributed by atoms with Crippen molar-refractivity contribution in [2.45, 2.75) is 26.2 Å². The average molecular weight is 393 g/mol. The Hall–Kier alpha value is -3.59. The molecule has 0 radical (unpaired) electrons. The SMILES string of the molecule is CCc1ccc(OCCCC(=O)Oc2cccc(/C=C(\C#N)C(=O)OC)c2)cc1. The van der Waals surface area contributed by atoms with E-state index < -0.39 is 5.97 Å². The van der Waals surface area contributed by atoms with Crippen molar-refractivity contribution in [2.75, 3.05) is 13.7 Å². The van der Waals surface area contributed by atoms with E-state index in [-0.39, 0.29) is 18.0 Å². The zero-order chi connectivity index (χ0) is 21.1. The first-order chi connectivity index (χ1) is 14.0. The van der Waals surface area contributed by atoms with Gasteiger partial charge in [-0.15, -0.1) is 0 Å². The molecule has 2 aromatic carbocycles. The van der Waals surface area contributed by atoms with Gasteiger partial charge in [-0.2, -0.15) is 5.26 Å². The van der Waals surface area contributed by atoms with Crippen molar-refractivity contribution in [3.63, 3.8) is 0 Å². The fourth-order valence-corrected chi connectivity index (χ4v) is 2.49. The van der Waals surface area contributed by atoms with E-state index in [1.807, 2.05) is 24.3 Å². The van der Waals surface area contributed by atoms with Crippen LogP contribution in [0.2, 0.25) is 0 Å². The van der Waals surface area contributed by atoms with Crippen molar-refractivity contribution in [2.24, 2.45) is 0 Å². The number of nitrogens with zero attached hydrogens (tertiary/aromatic N) is 1. The van der Waals surface area contributed by atoms with Gasteiger partial charge in [0.2, 0.25) is 0 Å². The molecule has 6 heteroatoms. The van der Waals surface area contributed by atoms with Crippen molar-refractivity contribution in [1.29, 1.82) is 5.26 Å². The fraction of sp³-hybridized carbons (Fsp3) is 0.261. The van der Waals surface area contributed by atoms with Crippen LogP contribution in [-0.4, -0.2) is 25.7 Å². The molecule has 2 aromatic rings. The number of carbonyl (C=O) groups is 2. The van der Waals surface area contributed by atoms with Crippen LogP contribution in [0.25, 0.3) is 6.08 Å². The van der Waals surface area contributed by atoms with Crippen LogP contribution >= 0.6 is 0 Å². The van der Waals surface area contributed by atoms with E-state index in [1.165, 1.54) is 18.7 Å². The molecule has 0 saturated heterocycles. The Labute approximate surface area is 170 Å². The summed E-state index contributed by atoms with van der Waals surface area (Å²) in [6.45, 7) is 2.50. The summed E-state index contributed by atoms with van der Waals surface area (Å²) in [6, 6.07) is 16.2. The first-order valence-corrected chi connectivity index (χ1v) is 9.28. The van der Waals surface area contributed by atoms with Crippen LogP contribution in [-0.2, 0) is 20.7 Å². The number of aryl methyl sites for hydroxylation is 1. The van der Waals surface area contributed by atoms with Crippen LogP contribution in [0.5, 0.6) is 11.5 Å². The van der Waals surface area contributed by atoms with E-state index in [2.05, 4.69) is 11.7 Å². The first kappa shape index (κ1) is 21.7. The van der Waals surface area contributed by atoms with Gasteiger partial charge in [0, 0.05) is 6.42 Å². The number of hydrogen-bond donors (Lipinski definition) is 0. The van der Waals surface area contributed by atoms with E-state index in [4.69, 9.17) is 14.7 Å². The molecule has 0 atom stereocenters. The summed E-state index contributed by atoms with van der Waals surface area (Å²) in [5.41, 5.74) is 1.66. The third-order valence-electron chi connectivity index (χ3n) is 4.05. The molecule has 2 rings (SSSR count). The Morgan fingerprint density at radius 3 is 2.52 bits per heavy atom. The monoisotopic (exact) mass is 393 g/mol. The lowest BCUT2D eigenvalue weighted by Gasteiger charge is -2.08. The number of nitriles is 1. The normalized spacial score (nSPS) is 10.7. The average Bonchev–Trinajstić information content (AvgIpc) is 2.75. The summed E-state index contributed by atoms with van der Waals surface area (Å²) in [6.07, 6.45) is 3.08. The molecule has 6 nitrogen and oxygen atoms in total. The number of esters is 2. The van der Waals surface area contributed by atoms with Gasteiger partial charge in [0.05, 0.1) is 13.7 Å². The van der Waals surface area contributed by atoms with Gasteiger partial charge >= 0.3 is 11.9 Å². The first-order valence-electron chi connectivity index (χ1n) is 9.28. The molecule has 0 unspecified atom stereocenters. The highest BCUT2D eigenvalue weighted by Crippen LogP contribution is 2.17. The van der Waals surface area contributed by atoms with E-state index in [1.54, 1.807) is 30.3 Å². The minimum absolute atomic E-state index is 0.139. The van der Waals surface area contributed by atoms with E-state index in [0.717, 1.165) is 12.2 Å². The van der Waals surface area contributed by atoms with Gasteiger partial charge in [-0.1, -0.05) is 31.2 Å². The van der Waals surface area contributed by atoms with Gasteiger partial charge < -0.3 is 14.2 Å². The summed E-state index contributed by atoms with van der Waals surface area (Å²) in [4.78, 5) is 23.5. The lowest BCUT2D eigenvalue weighted by atomic mass is 10.1. The predicted octanol–water partition coefficient (Wildman–Crippen LogP) is 4.09. The largest absolute Gasteiger partial charge is 0.494 e. The van der Waals surface area contributed by atoms with Gasteiger partial charge in [-0.05, 0) is 54.3 Å². The Balaban J connectivity index is 1.83. The van der Waals surface area contributed by atoms with Gasteiger partial charge in [-0.3, -0.25) is 4.79 Å². The van der Waals surface area contributed by atoms with E-state index >= 15 is 0 Å². The molecule has 0 aromatic heterocycles. The third kappa shape index (κ3) is 7.15. The topological polar surface area (TPSA) is 85.6 Å². The molecule has 0 fully saturated rings. The van der Waals surface area contributed by atoms with Gasteiger partial charge in [0.1, 0.15) is 23.1 Å². The molecule has 29 heavy (non-hydrogen) atoms. The summed E-state index contributed by atoms with van der Waals surface area (Å²) in [5, 5.41) is 9.02. The van der Waals surface area contributed by atoms with Crippen molar-refractivity contribution in [3.05, 3.63) is 65.2 Å². The van der Waals surface area contributed by atoms with Crippen LogP contribution in [0.1, 0.15) is 30.9 Å². The molecule has 0 amide bonds. The molecule has 0 bridgehead atoms. The van der Waals surface area contributed by atoms with Crippen LogP contribution in [0.3, 0.4) is 0 Å². The molecule has 0 aliphatic rings. The standard InChI is InChI=1S/C23H23NO5/c1-3-17-9-11-20(12-10-17)28-13-5-8-22(25)29-21-7-4-6-18(15-21)14-19(16-24)23(26)27-2/h4,6-7,9-12,14-15H,3,5,8,13H2,1-2H3/b19-14+. The number of hydrogen-bond acceptors (Lipinski definition) is 6. The minimum atomic E-state index is -0.723. The maximum absolute atomic E-state index is 12.0. The highest BCUT2D eigenvalue weighted by atomic mass is 16.5. The second-order valence-corrected chi connectivity index (χ2v) is 6.16. The number of carbonyl (C=O) groups excluding carboxylic acids is 2. The predicted molar refractivity (Wildman–Crippen MR) is 108 cm³/mol. The number of methoxy groups -OCH3 is 1. The molecule has 0 saturated carbocycles. The number of ether oxygens (including phenoxy) is 3. The van der Waals surface area contributed by atoms with E-state index in [0.29, 0.717) is 24.3 Å². The van der Waals surface area contributed by atoms with Gasteiger partial charge in [-0.25, -0.2) is 4.79 Å². The van der Waals surface area contributed by atoms with Gasteiger partial charge in [0.15, 0.2) is 0 Å². The van der Waals surface area contributed by atoms with Crippen LogP contribution in [0.15, 0.2) is 54.1 Å².